The van der Waals surface area contributed by atoms with Crippen LogP contribution in [0.3, 0.4) is 0 Å². The van der Waals surface area contributed by atoms with Gasteiger partial charge in [0.2, 0.25) is 5.91 Å². The molecule has 3 N–H and O–H groups in total. The molecular weight excluding hydrogens is 275 g/mol. The van der Waals surface area contributed by atoms with Crippen molar-refractivity contribution in [3.05, 3.63) is 29.6 Å². The van der Waals surface area contributed by atoms with Gasteiger partial charge < -0.3 is 15.8 Å². The van der Waals surface area contributed by atoms with Crippen molar-refractivity contribution >= 4 is 11.8 Å². The van der Waals surface area contributed by atoms with Gasteiger partial charge in [-0.3, -0.25) is 9.59 Å². The molecule has 1 aliphatic rings. The fourth-order valence-corrected chi connectivity index (χ4v) is 2.70. The molecule has 2 amide bonds. The molecule has 0 aliphatic heterocycles. The van der Waals surface area contributed by atoms with Gasteiger partial charge in [0, 0.05) is 11.6 Å². The highest BCUT2D eigenvalue weighted by molar-refractivity contribution is 5.95. The molecule has 21 heavy (non-hydrogen) atoms. The van der Waals surface area contributed by atoms with E-state index >= 15 is 0 Å². The van der Waals surface area contributed by atoms with E-state index in [9.17, 15) is 14.0 Å². The van der Waals surface area contributed by atoms with Crippen LogP contribution in [0.1, 0.15) is 36.0 Å². The number of benzene rings is 1. The number of nitrogens with one attached hydrogen (secondary N) is 1. The van der Waals surface area contributed by atoms with Gasteiger partial charge in [0.1, 0.15) is 0 Å². The Morgan fingerprint density at radius 3 is 2.71 bits per heavy atom. The number of primary amides is 1. The van der Waals surface area contributed by atoms with Crippen molar-refractivity contribution < 1.29 is 18.7 Å². The smallest absolute Gasteiger partial charge is 0.251 e. The van der Waals surface area contributed by atoms with Crippen molar-refractivity contribution in [1.82, 2.24) is 5.32 Å². The molecule has 0 bridgehead atoms. The van der Waals surface area contributed by atoms with Crippen LogP contribution in [0, 0.1) is 11.7 Å². The second-order valence-corrected chi connectivity index (χ2v) is 5.22. The van der Waals surface area contributed by atoms with E-state index in [1.165, 1.54) is 25.3 Å². The molecule has 114 valence electrons. The number of methoxy groups -OCH3 is 1. The third kappa shape index (κ3) is 3.51. The van der Waals surface area contributed by atoms with Crippen molar-refractivity contribution in [2.24, 2.45) is 11.7 Å². The van der Waals surface area contributed by atoms with Gasteiger partial charge in [-0.2, -0.15) is 0 Å². The summed E-state index contributed by atoms with van der Waals surface area (Å²) in [7, 11) is 1.34. The first-order valence-corrected chi connectivity index (χ1v) is 6.96. The Kier molecular flexibility index (Phi) is 4.77. The summed E-state index contributed by atoms with van der Waals surface area (Å²) in [6.07, 6.45) is 3.29. The molecule has 0 heterocycles. The predicted octanol–water partition coefficient (Wildman–Crippen LogP) is 1.61. The third-order valence-electron chi connectivity index (χ3n) is 3.86. The van der Waals surface area contributed by atoms with Crippen LogP contribution in [-0.4, -0.2) is 25.0 Å². The third-order valence-corrected chi connectivity index (χ3v) is 3.86. The Balaban J connectivity index is 2.11. The number of amides is 2. The summed E-state index contributed by atoms with van der Waals surface area (Å²) in [4.78, 5) is 23.6. The summed E-state index contributed by atoms with van der Waals surface area (Å²) in [5.41, 5.74) is 5.67. The summed E-state index contributed by atoms with van der Waals surface area (Å²) in [6, 6.07) is 3.64. The maximum Gasteiger partial charge on any atom is 0.251 e. The summed E-state index contributed by atoms with van der Waals surface area (Å²) in [5.74, 6) is -1.60. The number of nitrogens with two attached hydrogens (primary N) is 1. The van der Waals surface area contributed by atoms with Gasteiger partial charge >= 0.3 is 0 Å². The Morgan fingerprint density at radius 2 is 2.05 bits per heavy atom. The minimum Gasteiger partial charge on any atom is -0.494 e. The van der Waals surface area contributed by atoms with Gasteiger partial charge in [0.05, 0.1) is 13.0 Å². The lowest BCUT2D eigenvalue weighted by molar-refractivity contribution is -0.123. The lowest BCUT2D eigenvalue weighted by Crippen LogP contribution is -2.47. The molecule has 1 aromatic rings. The molecule has 0 spiro atoms. The molecule has 1 aromatic carbocycles. The van der Waals surface area contributed by atoms with Crippen LogP contribution in [0.25, 0.3) is 0 Å². The molecule has 5 nitrogen and oxygen atoms in total. The van der Waals surface area contributed by atoms with Gasteiger partial charge in [-0.1, -0.05) is 12.8 Å². The van der Waals surface area contributed by atoms with Crippen molar-refractivity contribution in [2.45, 2.75) is 31.7 Å². The largest absolute Gasteiger partial charge is 0.494 e. The van der Waals surface area contributed by atoms with Crippen LogP contribution in [0.15, 0.2) is 18.2 Å². The summed E-state index contributed by atoms with van der Waals surface area (Å²) in [6.45, 7) is 0. The first kappa shape index (κ1) is 15.3. The Morgan fingerprint density at radius 1 is 1.33 bits per heavy atom. The number of halogens is 1. The van der Waals surface area contributed by atoms with E-state index in [0.717, 1.165) is 19.3 Å². The summed E-state index contributed by atoms with van der Waals surface area (Å²) < 4.78 is 18.2. The normalized spacial score (nSPS) is 21.6. The van der Waals surface area contributed by atoms with E-state index in [-0.39, 0.29) is 23.6 Å². The first-order valence-electron chi connectivity index (χ1n) is 6.96. The quantitative estimate of drug-likeness (QED) is 0.885. The Hall–Kier alpha value is -2.11. The van der Waals surface area contributed by atoms with Gasteiger partial charge in [0.15, 0.2) is 11.6 Å². The minimum absolute atomic E-state index is 0.0118. The zero-order valence-corrected chi connectivity index (χ0v) is 11.9. The van der Waals surface area contributed by atoms with Crippen molar-refractivity contribution in [3.8, 4) is 5.75 Å². The second-order valence-electron chi connectivity index (χ2n) is 5.22. The first-order chi connectivity index (χ1) is 10.0. The summed E-state index contributed by atoms with van der Waals surface area (Å²) in [5, 5.41) is 2.82. The molecule has 0 saturated heterocycles. The molecule has 1 aliphatic carbocycles. The van der Waals surface area contributed by atoms with E-state index < -0.39 is 11.7 Å². The van der Waals surface area contributed by atoms with Crippen LogP contribution < -0.4 is 15.8 Å². The standard InChI is InChI=1S/C15H19FN2O3/c1-21-13-8-9(6-7-11(13)16)15(20)18-12-5-3-2-4-10(12)14(17)19/h6-8,10,12H,2-5H2,1H3,(H2,17,19)(H,18,20). The van der Waals surface area contributed by atoms with Crippen molar-refractivity contribution in [3.63, 3.8) is 0 Å². The lowest BCUT2D eigenvalue weighted by Gasteiger charge is -2.30. The zero-order chi connectivity index (χ0) is 15.4. The molecule has 1 fully saturated rings. The number of ether oxygens (including phenoxy) is 1. The molecule has 1 saturated carbocycles. The Bertz CT molecular complexity index is 548. The van der Waals surface area contributed by atoms with Crippen molar-refractivity contribution in [2.75, 3.05) is 7.11 Å². The topological polar surface area (TPSA) is 81.4 Å². The molecule has 2 rings (SSSR count). The maximum atomic E-state index is 13.3. The van der Waals surface area contributed by atoms with E-state index in [0.29, 0.717) is 12.0 Å². The van der Waals surface area contributed by atoms with E-state index in [1.807, 2.05) is 0 Å². The molecule has 2 unspecified atom stereocenters. The highest BCUT2D eigenvalue weighted by Crippen LogP contribution is 2.25. The SMILES string of the molecule is COc1cc(C(=O)NC2CCCCC2C(N)=O)ccc1F. The zero-order valence-electron chi connectivity index (χ0n) is 11.9. The fraction of sp³-hybridized carbons (Fsp3) is 0.467. The van der Waals surface area contributed by atoms with Gasteiger partial charge in [-0.05, 0) is 31.0 Å². The average Bonchev–Trinajstić information content (AvgIpc) is 2.48. The molecule has 0 radical (unpaired) electrons. The van der Waals surface area contributed by atoms with Crippen LogP contribution in [0.2, 0.25) is 0 Å². The molecule has 6 heteroatoms. The van der Waals surface area contributed by atoms with Crippen molar-refractivity contribution in [1.29, 1.82) is 0 Å². The number of rotatable bonds is 4. The molecule has 0 aromatic heterocycles. The molecule has 2 atom stereocenters. The van der Waals surface area contributed by atoms with Gasteiger partial charge in [0.25, 0.3) is 5.91 Å². The fourth-order valence-electron chi connectivity index (χ4n) is 2.70. The van der Waals surface area contributed by atoms with Crippen LogP contribution in [0.5, 0.6) is 5.75 Å². The number of hydrogen-bond donors (Lipinski definition) is 2. The van der Waals surface area contributed by atoms with Crippen LogP contribution in [-0.2, 0) is 4.79 Å². The van der Waals surface area contributed by atoms with Crippen LogP contribution in [0.4, 0.5) is 4.39 Å². The van der Waals surface area contributed by atoms with E-state index in [1.54, 1.807) is 0 Å². The summed E-state index contributed by atoms with van der Waals surface area (Å²) >= 11 is 0. The number of carbonyl (C=O) groups is 2. The number of carbonyl (C=O) groups excluding carboxylic acids is 2. The van der Waals surface area contributed by atoms with E-state index in [4.69, 9.17) is 10.5 Å². The maximum absolute atomic E-state index is 13.3. The van der Waals surface area contributed by atoms with Gasteiger partial charge in [-0.15, -0.1) is 0 Å². The lowest BCUT2D eigenvalue weighted by atomic mass is 9.84. The monoisotopic (exact) mass is 294 g/mol. The minimum atomic E-state index is -0.526. The molecular formula is C15H19FN2O3. The van der Waals surface area contributed by atoms with E-state index in [2.05, 4.69) is 5.32 Å². The predicted molar refractivity (Wildman–Crippen MR) is 75.4 cm³/mol. The average molecular weight is 294 g/mol. The highest BCUT2D eigenvalue weighted by Gasteiger charge is 2.30. The van der Waals surface area contributed by atoms with Gasteiger partial charge in [-0.25, -0.2) is 4.39 Å². The second kappa shape index (κ2) is 6.56. The van der Waals surface area contributed by atoms with Crippen LogP contribution >= 0.6 is 0 Å². The number of hydrogen-bond acceptors (Lipinski definition) is 3. The Labute approximate surface area is 122 Å². The highest BCUT2D eigenvalue weighted by atomic mass is 19.1.